The summed E-state index contributed by atoms with van der Waals surface area (Å²) in [5.74, 6) is 1.74. The van der Waals surface area contributed by atoms with Crippen LogP contribution in [0.25, 0.3) is 0 Å². The Morgan fingerprint density at radius 1 is 0.833 bits per heavy atom. The van der Waals surface area contributed by atoms with Gasteiger partial charge in [-0.15, -0.1) is 0 Å². The molecule has 18 heavy (non-hydrogen) atoms. The third-order valence-corrected chi connectivity index (χ3v) is 5.10. The van der Waals surface area contributed by atoms with Crippen molar-refractivity contribution < 1.29 is 4.74 Å². The number of hydrogen-bond acceptors (Lipinski definition) is 1. The summed E-state index contributed by atoms with van der Waals surface area (Å²) in [4.78, 5) is 0. The lowest BCUT2D eigenvalue weighted by Crippen LogP contribution is -2.17. The Hall–Kier alpha value is 0.250. The van der Waals surface area contributed by atoms with Gasteiger partial charge in [-0.2, -0.15) is 0 Å². The highest BCUT2D eigenvalue weighted by atomic mass is 35.5. The fourth-order valence-electron chi connectivity index (χ4n) is 3.59. The maximum Gasteiger partial charge on any atom is 0.131 e. The summed E-state index contributed by atoms with van der Waals surface area (Å²) >= 11 is 6.31. The van der Waals surface area contributed by atoms with E-state index in [4.69, 9.17) is 16.3 Å². The van der Waals surface area contributed by atoms with Crippen molar-refractivity contribution >= 4 is 11.6 Å². The Labute approximate surface area is 118 Å². The molecule has 1 atom stereocenters. The molecule has 2 heteroatoms. The summed E-state index contributed by atoms with van der Waals surface area (Å²) in [6, 6.07) is 0. The Morgan fingerprint density at radius 2 is 1.39 bits per heavy atom. The van der Waals surface area contributed by atoms with Gasteiger partial charge in [0.25, 0.3) is 0 Å². The number of rotatable bonds is 6. The minimum Gasteiger partial charge on any atom is -0.362 e. The predicted molar refractivity (Wildman–Crippen MR) is 78.0 cm³/mol. The van der Waals surface area contributed by atoms with Gasteiger partial charge in [0.15, 0.2) is 0 Å². The summed E-state index contributed by atoms with van der Waals surface area (Å²) in [5, 5.41) is 0. The molecule has 2 aliphatic rings. The number of ether oxygens (including phenoxy) is 1. The first kappa shape index (κ1) is 14.7. The first-order valence-electron chi connectivity index (χ1n) is 8.10. The Morgan fingerprint density at radius 3 is 2.00 bits per heavy atom. The molecule has 0 saturated heterocycles. The quantitative estimate of drug-likeness (QED) is 0.580. The Bertz CT molecular complexity index is 207. The van der Waals surface area contributed by atoms with E-state index in [1.165, 1.54) is 70.6 Å². The van der Waals surface area contributed by atoms with Gasteiger partial charge in [0, 0.05) is 6.61 Å². The molecule has 0 amide bonds. The van der Waals surface area contributed by atoms with Crippen molar-refractivity contribution in [3.05, 3.63) is 0 Å². The van der Waals surface area contributed by atoms with E-state index in [2.05, 4.69) is 0 Å². The van der Waals surface area contributed by atoms with Crippen LogP contribution in [0.15, 0.2) is 0 Å². The Balaban J connectivity index is 1.52. The van der Waals surface area contributed by atoms with Gasteiger partial charge in [-0.25, -0.2) is 0 Å². The van der Waals surface area contributed by atoms with Crippen LogP contribution in [0.3, 0.4) is 0 Å². The van der Waals surface area contributed by atoms with E-state index < -0.39 is 0 Å². The molecule has 1 nitrogen and oxygen atoms in total. The van der Waals surface area contributed by atoms with Gasteiger partial charge in [-0.3, -0.25) is 0 Å². The zero-order valence-corrected chi connectivity index (χ0v) is 12.5. The predicted octanol–water partition coefficient (Wildman–Crippen LogP) is 5.51. The lowest BCUT2D eigenvalue weighted by atomic mass is 9.87. The second-order valence-corrected chi connectivity index (χ2v) is 6.80. The third kappa shape index (κ3) is 5.48. The molecule has 0 aliphatic heterocycles. The van der Waals surface area contributed by atoms with E-state index >= 15 is 0 Å². The highest BCUT2D eigenvalue weighted by molar-refractivity contribution is 6.19. The van der Waals surface area contributed by atoms with Crippen LogP contribution in [0.1, 0.15) is 77.0 Å². The van der Waals surface area contributed by atoms with Crippen molar-refractivity contribution in [3.8, 4) is 0 Å². The summed E-state index contributed by atoms with van der Waals surface area (Å²) in [7, 11) is 0. The van der Waals surface area contributed by atoms with Crippen LogP contribution in [0.2, 0.25) is 0 Å². The van der Waals surface area contributed by atoms with Crippen LogP contribution < -0.4 is 0 Å². The maximum atomic E-state index is 6.31. The largest absolute Gasteiger partial charge is 0.362 e. The summed E-state index contributed by atoms with van der Waals surface area (Å²) in [6.07, 6.45) is 16.4. The molecule has 2 saturated carbocycles. The average Bonchev–Trinajstić information content (AvgIpc) is 2.41. The van der Waals surface area contributed by atoms with E-state index in [9.17, 15) is 0 Å². The molecule has 0 aromatic rings. The molecule has 0 aromatic heterocycles. The SMILES string of the molecule is Cl[C@H](CC1CCCCC1)OCCC1CCCCC1. The van der Waals surface area contributed by atoms with Crippen molar-refractivity contribution in [1.82, 2.24) is 0 Å². The summed E-state index contributed by atoms with van der Waals surface area (Å²) < 4.78 is 5.81. The summed E-state index contributed by atoms with van der Waals surface area (Å²) in [5.41, 5.74) is -0.0308. The van der Waals surface area contributed by atoms with Gasteiger partial charge in [-0.1, -0.05) is 75.8 Å². The molecule has 0 unspecified atom stereocenters. The normalized spacial score (nSPS) is 25.2. The molecular weight excluding hydrogens is 244 g/mol. The van der Waals surface area contributed by atoms with E-state index in [-0.39, 0.29) is 5.56 Å². The van der Waals surface area contributed by atoms with Crippen LogP contribution in [0.5, 0.6) is 0 Å². The first-order chi connectivity index (χ1) is 8.84. The van der Waals surface area contributed by atoms with Crippen molar-refractivity contribution in [2.75, 3.05) is 6.61 Å². The standard InChI is InChI=1S/C16H29ClO/c17-16(13-15-9-5-2-6-10-15)18-12-11-14-7-3-1-4-8-14/h14-16H,1-13H2/t16-/m0/s1. The molecule has 0 spiro atoms. The van der Waals surface area contributed by atoms with Crippen molar-refractivity contribution in [1.29, 1.82) is 0 Å². The molecule has 2 fully saturated rings. The van der Waals surface area contributed by atoms with Crippen LogP contribution >= 0.6 is 11.6 Å². The second-order valence-electron chi connectivity index (χ2n) is 6.31. The fraction of sp³-hybridized carbons (Fsp3) is 1.00. The first-order valence-corrected chi connectivity index (χ1v) is 8.54. The molecular formula is C16H29ClO. The van der Waals surface area contributed by atoms with Crippen LogP contribution in [-0.2, 0) is 4.74 Å². The zero-order valence-electron chi connectivity index (χ0n) is 11.7. The van der Waals surface area contributed by atoms with Gasteiger partial charge in [0.2, 0.25) is 0 Å². The van der Waals surface area contributed by atoms with Gasteiger partial charge in [0.05, 0.1) is 0 Å². The van der Waals surface area contributed by atoms with E-state index in [1.54, 1.807) is 0 Å². The monoisotopic (exact) mass is 272 g/mol. The van der Waals surface area contributed by atoms with Crippen LogP contribution in [-0.4, -0.2) is 12.2 Å². The minimum atomic E-state index is -0.0308. The smallest absolute Gasteiger partial charge is 0.131 e. The molecule has 106 valence electrons. The molecule has 0 heterocycles. The molecule has 0 aromatic carbocycles. The number of halogens is 1. The third-order valence-electron chi connectivity index (χ3n) is 4.79. The lowest BCUT2D eigenvalue weighted by Gasteiger charge is -2.25. The van der Waals surface area contributed by atoms with Gasteiger partial charge in [0.1, 0.15) is 5.56 Å². The number of hydrogen-bond donors (Lipinski definition) is 0. The van der Waals surface area contributed by atoms with E-state index in [0.717, 1.165) is 24.9 Å². The van der Waals surface area contributed by atoms with E-state index in [0.29, 0.717) is 0 Å². The fourth-order valence-corrected chi connectivity index (χ4v) is 3.93. The maximum absolute atomic E-state index is 6.31. The molecule has 0 bridgehead atoms. The van der Waals surface area contributed by atoms with Crippen molar-refractivity contribution in [3.63, 3.8) is 0 Å². The van der Waals surface area contributed by atoms with Crippen molar-refractivity contribution in [2.24, 2.45) is 11.8 Å². The zero-order chi connectivity index (χ0) is 12.6. The van der Waals surface area contributed by atoms with E-state index in [1.807, 2.05) is 0 Å². The molecule has 2 rings (SSSR count). The molecule has 2 aliphatic carbocycles. The van der Waals surface area contributed by atoms with Gasteiger partial charge >= 0.3 is 0 Å². The lowest BCUT2D eigenvalue weighted by molar-refractivity contribution is 0.0710. The highest BCUT2D eigenvalue weighted by Crippen LogP contribution is 2.30. The minimum absolute atomic E-state index is 0.0308. The van der Waals surface area contributed by atoms with Gasteiger partial charge in [-0.05, 0) is 24.7 Å². The number of alkyl halides is 1. The van der Waals surface area contributed by atoms with Crippen LogP contribution in [0, 0.1) is 11.8 Å². The molecule has 0 radical (unpaired) electrons. The second kappa shape index (κ2) is 8.43. The summed E-state index contributed by atoms with van der Waals surface area (Å²) in [6.45, 7) is 0.881. The highest BCUT2D eigenvalue weighted by Gasteiger charge is 2.18. The topological polar surface area (TPSA) is 9.23 Å². The average molecular weight is 273 g/mol. The van der Waals surface area contributed by atoms with Crippen molar-refractivity contribution in [2.45, 2.75) is 82.6 Å². The molecule has 0 N–H and O–H groups in total. The van der Waals surface area contributed by atoms with Crippen LogP contribution in [0.4, 0.5) is 0 Å². The van der Waals surface area contributed by atoms with Gasteiger partial charge < -0.3 is 4.74 Å². The Kier molecular flexibility index (Phi) is 6.86.